The van der Waals surface area contributed by atoms with Crippen molar-refractivity contribution in [3.63, 3.8) is 0 Å². The molecule has 1 unspecified atom stereocenters. The molecule has 8 heteroatoms. The minimum atomic E-state index is -3.36. The topological polar surface area (TPSA) is 83.6 Å². The van der Waals surface area contributed by atoms with E-state index in [2.05, 4.69) is 5.32 Å². The standard InChI is InChI=1S/C10H20N2O4S2/c1-9-8-17(13,14)7-6-12(9)18(15,16)10-2-4-11-5-3-10/h9-11H,2-8H2,1H3. The molecule has 0 radical (unpaired) electrons. The van der Waals surface area contributed by atoms with E-state index in [0.29, 0.717) is 25.9 Å². The zero-order valence-corrected chi connectivity index (χ0v) is 12.1. The molecule has 0 aromatic carbocycles. The first kappa shape index (κ1) is 14.2. The van der Waals surface area contributed by atoms with Crippen LogP contribution in [0.4, 0.5) is 0 Å². The molecule has 1 N–H and O–H groups in total. The van der Waals surface area contributed by atoms with E-state index in [1.807, 2.05) is 0 Å². The van der Waals surface area contributed by atoms with Crippen molar-refractivity contribution in [3.05, 3.63) is 0 Å². The number of sulfone groups is 1. The monoisotopic (exact) mass is 296 g/mol. The van der Waals surface area contributed by atoms with Crippen LogP contribution >= 0.6 is 0 Å². The summed E-state index contributed by atoms with van der Waals surface area (Å²) in [6.07, 6.45) is 1.22. The molecule has 0 aromatic rings. The lowest BCUT2D eigenvalue weighted by Crippen LogP contribution is -2.53. The average molecular weight is 296 g/mol. The SMILES string of the molecule is CC1CS(=O)(=O)CCN1S(=O)(=O)C1CCNCC1. The van der Waals surface area contributed by atoms with Gasteiger partial charge in [0.1, 0.15) is 0 Å². The van der Waals surface area contributed by atoms with Crippen LogP contribution in [0.1, 0.15) is 19.8 Å². The quantitative estimate of drug-likeness (QED) is 0.720. The molecule has 0 saturated carbocycles. The Bertz CT molecular complexity index is 494. The molecule has 6 nitrogen and oxygen atoms in total. The van der Waals surface area contributed by atoms with E-state index in [-0.39, 0.29) is 23.3 Å². The first-order chi connectivity index (χ1) is 8.33. The molecule has 2 saturated heterocycles. The van der Waals surface area contributed by atoms with Gasteiger partial charge in [-0.15, -0.1) is 0 Å². The summed E-state index contributed by atoms with van der Waals surface area (Å²) in [4.78, 5) is 0. The van der Waals surface area contributed by atoms with E-state index in [9.17, 15) is 16.8 Å². The van der Waals surface area contributed by atoms with Crippen LogP contribution in [0.25, 0.3) is 0 Å². The lowest BCUT2D eigenvalue weighted by molar-refractivity contribution is 0.344. The summed E-state index contributed by atoms with van der Waals surface area (Å²) in [6.45, 7) is 3.21. The molecule has 2 fully saturated rings. The number of hydrogen-bond acceptors (Lipinski definition) is 5. The number of nitrogens with zero attached hydrogens (tertiary/aromatic N) is 1. The minimum Gasteiger partial charge on any atom is -0.317 e. The Morgan fingerprint density at radius 1 is 1.22 bits per heavy atom. The number of rotatable bonds is 2. The molecule has 0 spiro atoms. The Labute approximate surface area is 109 Å². The zero-order valence-electron chi connectivity index (χ0n) is 10.5. The van der Waals surface area contributed by atoms with E-state index in [0.717, 1.165) is 0 Å². The second-order valence-electron chi connectivity index (χ2n) is 5.07. The van der Waals surface area contributed by atoms with Gasteiger partial charge in [0.05, 0.1) is 16.8 Å². The maximum absolute atomic E-state index is 12.5. The van der Waals surface area contributed by atoms with Crippen molar-refractivity contribution in [3.8, 4) is 0 Å². The second kappa shape index (κ2) is 5.07. The number of piperidine rings is 1. The average Bonchev–Trinajstić information content (AvgIpc) is 2.28. The second-order valence-corrected chi connectivity index (χ2v) is 9.46. The van der Waals surface area contributed by atoms with E-state index < -0.39 is 25.9 Å². The van der Waals surface area contributed by atoms with Gasteiger partial charge in [0.15, 0.2) is 9.84 Å². The molecule has 2 aliphatic rings. The Balaban J connectivity index is 2.15. The van der Waals surface area contributed by atoms with Crippen LogP contribution < -0.4 is 5.32 Å². The van der Waals surface area contributed by atoms with Crippen LogP contribution in [0.3, 0.4) is 0 Å². The summed E-state index contributed by atoms with van der Waals surface area (Å²) in [5.74, 6) is -0.112. The summed E-state index contributed by atoms with van der Waals surface area (Å²) in [5, 5.41) is 2.78. The van der Waals surface area contributed by atoms with Crippen LogP contribution in [-0.4, -0.2) is 63.6 Å². The predicted octanol–water partition coefficient (Wildman–Crippen LogP) is -0.813. The van der Waals surface area contributed by atoms with Gasteiger partial charge in [-0.2, -0.15) is 4.31 Å². The number of nitrogens with one attached hydrogen (secondary N) is 1. The van der Waals surface area contributed by atoms with Gasteiger partial charge in [-0.25, -0.2) is 16.8 Å². The van der Waals surface area contributed by atoms with Gasteiger partial charge in [-0.1, -0.05) is 0 Å². The summed E-state index contributed by atoms with van der Waals surface area (Å²) >= 11 is 0. The van der Waals surface area contributed by atoms with Gasteiger partial charge >= 0.3 is 0 Å². The van der Waals surface area contributed by atoms with Crippen molar-refractivity contribution < 1.29 is 16.8 Å². The third kappa shape index (κ3) is 2.87. The Kier molecular flexibility index (Phi) is 4.01. The largest absolute Gasteiger partial charge is 0.317 e. The highest BCUT2D eigenvalue weighted by Crippen LogP contribution is 2.23. The van der Waals surface area contributed by atoms with Crippen LogP contribution in [0.2, 0.25) is 0 Å². The van der Waals surface area contributed by atoms with E-state index in [1.54, 1.807) is 6.92 Å². The van der Waals surface area contributed by atoms with E-state index >= 15 is 0 Å². The van der Waals surface area contributed by atoms with Crippen molar-refractivity contribution in [2.75, 3.05) is 31.1 Å². The van der Waals surface area contributed by atoms with Crippen LogP contribution in [-0.2, 0) is 19.9 Å². The van der Waals surface area contributed by atoms with Crippen LogP contribution in [0.5, 0.6) is 0 Å². The van der Waals surface area contributed by atoms with Crippen molar-refractivity contribution >= 4 is 19.9 Å². The van der Waals surface area contributed by atoms with Gasteiger partial charge in [0, 0.05) is 12.6 Å². The predicted molar refractivity (Wildman–Crippen MR) is 69.6 cm³/mol. The molecule has 2 rings (SSSR count). The van der Waals surface area contributed by atoms with Crippen molar-refractivity contribution in [2.24, 2.45) is 0 Å². The highest BCUT2D eigenvalue weighted by molar-refractivity contribution is 7.92. The lowest BCUT2D eigenvalue weighted by Gasteiger charge is -2.36. The first-order valence-electron chi connectivity index (χ1n) is 6.25. The Hall–Kier alpha value is -0.180. The Morgan fingerprint density at radius 2 is 1.83 bits per heavy atom. The van der Waals surface area contributed by atoms with Crippen LogP contribution in [0.15, 0.2) is 0 Å². The highest BCUT2D eigenvalue weighted by Gasteiger charge is 2.39. The summed E-state index contributed by atoms with van der Waals surface area (Å²) in [6, 6.07) is -0.441. The molecular weight excluding hydrogens is 276 g/mol. The maximum atomic E-state index is 12.5. The van der Waals surface area contributed by atoms with Gasteiger partial charge < -0.3 is 5.32 Å². The fourth-order valence-corrected chi connectivity index (χ4v) is 6.55. The fraction of sp³-hybridized carbons (Fsp3) is 1.00. The summed E-state index contributed by atoms with van der Waals surface area (Å²) in [7, 11) is -6.43. The highest BCUT2D eigenvalue weighted by atomic mass is 32.2. The molecule has 0 amide bonds. The third-order valence-corrected chi connectivity index (χ3v) is 7.95. The lowest BCUT2D eigenvalue weighted by atomic mass is 10.2. The van der Waals surface area contributed by atoms with Gasteiger partial charge in [-0.05, 0) is 32.9 Å². The maximum Gasteiger partial charge on any atom is 0.217 e. The van der Waals surface area contributed by atoms with Crippen molar-refractivity contribution in [1.82, 2.24) is 9.62 Å². The van der Waals surface area contributed by atoms with Crippen LogP contribution in [0, 0.1) is 0 Å². The molecule has 2 heterocycles. The normalized spacial score (nSPS) is 31.3. The van der Waals surface area contributed by atoms with E-state index in [4.69, 9.17) is 0 Å². The Morgan fingerprint density at radius 3 is 2.39 bits per heavy atom. The van der Waals surface area contributed by atoms with Gasteiger partial charge in [0.2, 0.25) is 10.0 Å². The zero-order chi connectivity index (χ0) is 13.4. The van der Waals surface area contributed by atoms with E-state index in [1.165, 1.54) is 4.31 Å². The number of sulfonamides is 1. The molecule has 1 atom stereocenters. The molecule has 2 aliphatic heterocycles. The fourth-order valence-electron chi connectivity index (χ4n) is 2.65. The molecule has 18 heavy (non-hydrogen) atoms. The first-order valence-corrected chi connectivity index (χ1v) is 9.57. The third-order valence-electron chi connectivity index (χ3n) is 3.64. The molecular formula is C10H20N2O4S2. The van der Waals surface area contributed by atoms with Crippen molar-refractivity contribution in [1.29, 1.82) is 0 Å². The number of hydrogen-bond donors (Lipinski definition) is 1. The molecule has 0 aromatic heterocycles. The molecule has 0 aliphatic carbocycles. The smallest absolute Gasteiger partial charge is 0.217 e. The van der Waals surface area contributed by atoms with Crippen molar-refractivity contribution in [2.45, 2.75) is 31.1 Å². The van der Waals surface area contributed by atoms with Gasteiger partial charge in [0.25, 0.3) is 0 Å². The molecule has 106 valence electrons. The van der Waals surface area contributed by atoms with Gasteiger partial charge in [-0.3, -0.25) is 0 Å². The summed E-state index contributed by atoms with van der Waals surface area (Å²) < 4.78 is 49.3. The molecule has 0 bridgehead atoms. The minimum absolute atomic E-state index is 0.0540. The summed E-state index contributed by atoms with van der Waals surface area (Å²) in [5.41, 5.74) is 0.